The monoisotopic (exact) mass is 358 g/mol. The number of carbonyl (C=O) groups excluding carboxylic acids is 1. The number of nitrogens with two attached hydrogens (primary N) is 1. The molecule has 1 amide bonds. The van der Waals surface area contributed by atoms with Gasteiger partial charge in [-0.1, -0.05) is 37.5 Å². The van der Waals surface area contributed by atoms with Crippen molar-refractivity contribution in [3.05, 3.63) is 30.3 Å². The number of para-hydroxylation sites is 1. The maximum atomic E-state index is 12.3. The van der Waals surface area contributed by atoms with Gasteiger partial charge in [0.1, 0.15) is 0 Å². The average molecular weight is 359 g/mol. The zero-order chi connectivity index (χ0) is 18.2. The molecular formula is C21H34N4O. The molecule has 1 saturated heterocycles. The number of hydrogen-bond donors (Lipinski definition) is 2. The van der Waals surface area contributed by atoms with E-state index in [1.807, 2.05) is 0 Å². The van der Waals surface area contributed by atoms with Gasteiger partial charge in [0.25, 0.3) is 0 Å². The highest BCUT2D eigenvalue weighted by Gasteiger charge is 2.34. The average Bonchev–Trinajstić information content (AvgIpc) is 2.69. The van der Waals surface area contributed by atoms with Crippen LogP contribution in [0.3, 0.4) is 0 Å². The second kappa shape index (κ2) is 9.38. The van der Waals surface area contributed by atoms with Crippen molar-refractivity contribution in [2.24, 2.45) is 5.73 Å². The maximum Gasteiger partial charge on any atom is 0.240 e. The van der Waals surface area contributed by atoms with E-state index >= 15 is 0 Å². The van der Waals surface area contributed by atoms with E-state index in [-0.39, 0.29) is 5.91 Å². The van der Waals surface area contributed by atoms with Crippen LogP contribution in [-0.4, -0.2) is 55.6 Å². The van der Waals surface area contributed by atoms with Gasteiger partial charge in [-0.25, -0.2) is 0 Å². The molecule has 5 heteroatoms. The van der Waals surface area contributed by atoms with Gasteiger partial charge in [0.15, 0.2) is 0 Å². The fourth-order valence-electron chi connectivity index (χ4n) is 4.12. The lowest BCUT2D eigenvalue weighted by atomic mass is 9.82. The predicted molar refractivity (Wildman–Crippen MR) is 107 cm³/mol. The first kappa shape index (κ1) is 19.2. The van der Waals surface area contributed by atoms with Gasteiger partial charge in [-0.3, -0.25) is 9.69 Å². The Kier molecular flexibility index (Phi) is 6.92. The second-order valence-electron chi connectivity index (χ2n) is 7.84. The highest BCUT2D eigenvalue weighted by Crippen LogP contribution is 2.25. The number of nitrogens with zero attached hydrogens (tertiary/aromatic N) is 2. The van der Waals surface area contributed by atoms with Crippen LogP contribution in [0.1, 0.15) is 44.9 Å². The number of amides is 1. The Bertz CT molecular complexity index is 548. The van der Waals surface area contributed by atoms with Crippen LogP contribution in [-0.2, 0) is 4.79 Å². The van der Waals surface area contributed by atoms with Crippen molar-refractivity contribution >= 4 is 11.6 Å². The molecule has 2 fully saturated rings. The van der Waals surface area contributed by atoms with Crippen molar-refractivity contribution in [3.8, 4) is 0 Å². The normalized spacial score (nSPS) is 20.7. The van der Waals surface area contributed by atoms with Gasteiger partial charge in [0.2, 0.25) is 5.91 Å². The van der Waals surface area contributed by atoms with Crippen LogP contribution >= 0.6 is 0 Å². The summed E-state index contributed by atoms with van der Waals surface area (Å²) in [5.41, 5.74) is 6.99. The van der Waals surface area contributed by atoms with Gasteiger partial charge in [-0.2, -0.15) is 0 Å². The standard InChI is InChI=1S/C21H34N4O/c22-21(11-5-2-6-12-21)20(26)23-13-7-8-14-24-15-17-25(18-16-24)19-9-3-1-4-10-19/h1,3-4,9-10H,2,5-8,11-18,22H2,(H,23,26). The van der Waals surface area contributed by atoms with E-state index in [4.69, 9.17) is 5.73 Å². The highest BCUT2D eigenvalue weighted by molar-refractivity contribution is 5.86. The van der Waals surface area contributed by atoms with Crippen molar-refractivity contribution in [3.63, 3.8) is 0 Å². The molecule has 1 aromatic carbocycles. The summed E-state index contributed by atoms with van der Waals surface area (Å²) in [7, 11) is 0. The number of nitrogens with one attached hydrogen (secondary N) is 1. The van der Waals surface area contributed by atoms with E-state index in [1.165, 1.54) is 12.1 Å². The molecule has 1 aliphatic heterocycles. The van der Waals surface area contributed by atoms with Crippen LogP contribution < -0.4 is 16.0 Å². The van der Waals surface area contributed by atoms with Crippen LogP contribution in [0.15, 0.2) is 30.3 Å². The Morgan fingerprint density at radius 3 is 2.38 bits per heavy atom. The fraction of sp³-hybridized carbons (Fsp3) is 0.667. The lowest BCUT2D eigenvalue weighted by Crippen LogP contribution is -2.55. The Labute approximate surface area is 157 Å². The van der Waals surface area contributed by atoms with Gasteiger partial charge in [-0.05, 0) is 44.4 Å². The molecule has 0 radical (unpaired) electrons. The molecule has 0 atom stereocenters. The zero-order valence-electron chi connectivity index (χ0n) is 16.0. The molecule has 3 rings (SSSR count). The molecule has 0 unspecified atom stereocenters. The molecule has 2 aliphatic rings. The van der Waals surface area contributed by atoms with E-state index < -0.39 is 5.54 Å². The summed E-state index contributed by atoms with van der Waals surface area (Å²) in [6, 6.07) is 10.7. The highest BCUT2D eigenvalue weighted by atomic mass is 16.2. The third-order valence-corrected chi connectivity index (χ3v) is 5.88. The van der Waals surface area contributed by atoms with E-state index in [9.17, 15) is 4.79 Å². The van der Waals surface area contributed by atoms with E-state index in [0.717, 1.165) is 77.8 Å². The van der Waals surface area contributed by atoms with E-state index in [2.05, 4.69) is 45.4 Å². The van der Waals surface area contributed by atoms with Gasteiger partial charge in [0, 0.05) is 38.4 Å². The van der Waals surface area contributed by atoms with Crippen LogP contribution in [0, 0.1) is 0 Å². The van der Waals surface area contributed by atoms with E-state index in [1.54, 1.807) is 0 Å². The van der Waals surface area contributed by atoms with Crippen LogP contribution in [0.25, 0.3) is 0 Å². The summed E-state index contributed by atoms with van der Waals surface area (Å²) in [5.74, 6) is 0.0636. The van der Waals surface area contributed by atoms with Crippen molar-refractivity contribution in [1.82, 2.24) is 10.2 Å². The predicted octanol–water partition coefficient (Wildman–Crippen LogP) is 2.37. The summed E-state index contributed by atoms with van der Waals surface area (Å²) in [6.07, 6.45) is 7.21. The molecule has 1 heterocycles. The minimum absolute atomic E-state index is 0.0636. The molecule has 3 N–H and O–H groups in total. The number of unbranched alkanes of at least 4 members (excludes halogenated alkanes) is 1. The first-order valence-corrected chi connectivity index (χ1v) is 10.3. The van der Waals surface area contributed by atoms with Crippen molar-refractivity contribution < 1.29 is 4.79 Å². The lowest BCUT2D eigenvalue weighted by molar-refractivity contribution is -0.127. The molecule has 0 aromatic heterocycles. The topological polar surface area (TPSA) is 61.6 Å². The van der Waals surface area contributed by atoms with Crippen molar-refractivity contribution in [2.45, 2.75) is 50.5 Å². The molecule has 144 valence electrons. The van der Waals surface area contributed by atoms with Crippen LogP contribution in [0.5, 0.6) is 0 Å². The van der Waals surface area contributed by atoms with Crippen molar-refractivity contribution in [1.29, 1.82) is 0 Å². The summed E-state index contributed by atoms with van der Waals surface area (Å²) in [5, 5.41) is 3.07. The Balaban J connectivity index is 1.27. The molecule has 0 bridgehead atoms. The smallest absolute Gasteiger partial charge is 0.240 e. The SMILES string of the molecule is NC1(C(=O)NCCCCN2CCN(c3ccccc3)CC2)CCCCC1. The van der Waals surface area contributed by atoms with Gasteiger partial charge < -0.3 is 16.0 Å². The summed E-state index contributed by atoms with van der Waals surface area (Å²) >= 11 is 0. The van der Waals surface area contributed by atoms with Crippen molar-refractivity contribution in [2.75, 3.05) is 44.2 Å². The number of anilines is 1. The molecular weight excluding hydrogens is 324 g/mol. The van der Waals surface area contributed by atoms with Gasteiger partial charge >= 0.3 is 0 Å². The molecule has 5 nitrogen and oxygen atoms in total. The fourth-order valence-corrected chi connectivity index (χ4v) is 4.12. The number of hydrogen-bond acceptors (Lipinski definition) is 4. The van der Waals surface area contributed by atoms with Gasteiger partial charge in [-0.15, -0.1) is 0 Å². The van der Waals surface area contributed by atoms with Gasteiger partial charge in [0.05, 0.1) is 5.54 Å². The summed E-state index contributed by atoms with van der Waals surface area (Å²) in [4.78, 5) is 17.3. The Hall–Kier alpha value is -1.59. The minimum Gasteiger partial charge on any atom is -0.369 e. The Morgan fingerprint density at radius 1 is 1.00 bits per heavy atom. The number of benzene rings is 1. The second-order valence-corrected chi connectivity index (χ2v) is 7.84. The molecule has 26 heavy (non-hydrogen) atoms. The molecule has 1 aromatic rings. The molecule has 1 aliphatic carbocycles. The zero-order valence-corrected chi connectivity index (χ0v) is 16.0. The minimum atomic E-state index is -0.605. The molecule has 0 spiro atoms. The van der Waals surface area contributed by atoms with Crippen LogP contribution in [0.4, 0.5) is 5.69 Å². The summed E-state index contributed by atoms with van der Waals surface area (Å²) in [6.45, 7) is 6.29. The number of rotatable bonds is 7. The van der Waals surface area contributed by atoms with E-state index in [0.29, 0.717) is 0 Å². The summed E-state index contributed by atoms with van der Waals surface area (Å²) < 4.78 is 0. The lowest BCUT2D eigenvalue weighted by Gasteiger charge is -2.36. The Morgan fingerprint density at radius 2 is 1.69 bits per heavy atom. The number of carbonyl (C=O) groups is 1. The third kappa shape index (κ3) is 5.21. The largest absolute Gasteiger partial charge is 0.369 e. The first-order chi connectivity index (χ1) is 12.7. The molecule has 1 saturated carbocycles. The van der Waals surface area contributed by atoms with Crippen LogP contribution in [0.2, 0.25) is 0 Å². The third-order valence-electron chi connectivity index (χ3n) is 5.88. The number of piperazine rings is 1. The quantitative estimate of drug-likeness (QED) is 0.735. The first-order valence-electron chi connectivity index (χ1n) is 10.3. The maximum absolute atomic E-state index is 12.3.